The minimum atomic E-state index is -1.89. The molecular weight excluding hydrogens is 582 g/mol. The van der Waals surface area contributed by atoms with Crippen LogP contribution in [0.3, 0.4) is 0 Å². The zero-order chi connectivity index (χ0) is 33.1. The van der Waals surface area contributed by atoms with Gasteiger partial charge in [0.15, 0.2) is 6.23 Å². The lowest BCUT2D eigenvalue weighted by atomic mass is 9.90. The first-order valence-electron chi connectivity index (χ1n) is 14.1. The van der Waals surface area contributed by atoms with Crippen molar-refractivity contribution in [2.75, 3.05) is 20.2 Å². The van der Waals surface area contributed by atoms with Gasteiger partial charge in [-0.15, -0.1) is 0 Å². The number of amides is 5. The third-order valence-corrected chi connectivity index (χ3v) is 6.95. The molecule has 0 bridgehead atoms. The van der Waals surface area contributed by atoms with Gasteiger partial charge in [-0.2, -0.15) is 0 Å². The van der Waals surface area contributed by atoms with E-state index in [4.69, 9.17) is 4.74 Å². The fourth-order valence-corrected chi connectivity index (χ4v) is 4.72. The zero-order valence-electron chi connectivity index (χ0n) is 25.0. The van der Waals surface area contributed by atoms with Crippen molar-refractivity contribution < 1.29 is 54.3 Å². The van der Waals surface area contributed by atoms with Gasteiger partial charge >= 0.3 is 0 Å². The number of hydrogen-bond acceptors (Lipinski definition) is 11. The van der Waals surface area contributed by atoms with E-state index >= 15 is 0 Å². The molecule has 16 heteroatoms. The molecule has 0 radical (unpaired) electrons. The summed E-state index contributed by atoms with van der Waals surface area (Å²) < 4.78 is 5.46. The van der Waals surface area contributed by atoms with Crippen LogP contribution in [0.15, 0.2) is 30.3 Å². The summed E-state index contributed by atoms with van der Waals surface area (Å²) in [6.45, 7) is 3.35. The Labute approximate surface area is 254 Å². The first-order chi connectivity index (χ1) is 20.7. The van der Waals surface area contributed by atoms with Crippen molar-refractivity contribution in [3.63, 3.8) is 0 Å². The topological polar surface area (TPSA) is 247 Å². The highest BCUT2D eigenvalue weighted by Gasteiger charge is 2.45. The summed E-state index contributed by atoms with van der Waals surface area (Å²) in [6.07, 6.45) is -7.65. The molecule has 1 heterocycles. The number of benzene rings is 1. The Morgan fingerprint density at radius 1 is 1.00 bits per heavy atom. The second-order valence-corrected chi connectivity index (χ2v) is 11.1. The highest BCUT2D eigenvalue weighted by Crippen LogP contribution is 2.20. The van der Waals surface area contributed by atoms with Crippen molar-refractivity contribution in [1.29, 1.82) is 0 Å². The lowest BCUT2D eigenvalue weighted by molar-refractivity contribution is -0.203. The van der Waals surface area contributed by atoms with Crippen LogP contribution in [0.25, 0.3) is 0 Å². The molecule has 1 aliphatic heterocycles. The van der Waals surface area contributed by atoms with Crippen molar-refractivity contribution in [3.8, 4) is 0 Å². The molecule has 2 rings (SSSR count). The van der Waals surface area contributed by atoms with E-state index in [1.807, 2.05) is 0 Å². The average Bonchev–Trinajstić information content (AvgIpc) is 2.97. The predicted molar refractivity (Wildman–Crippen MR) is 152 cm³/mol. The molecule has 8 atom stereocenters. The van der Waals surface area contributed by atoms with Gasteiger partial charge < -0.3 is 46.4 Å². The summed E-state index contributed by atoms with van der Waals surface area (Å²) in [5.74, 6) is -5.57. The molecule has 1 unspecified atom stereocenters. The zero-order valence-corrected chi connectivity index (χ0v) is 25.0. The Morgan fingerprint density at radius 3 is 2.18 bits per heavy atom. The minimum absolute atomic E-state index is 0.0169. The molecule has 0 saturated carbocycles. The third kappa shape index (κ3) is 10.5. The Morgan fingerprint density at radius 2 is 1.64 bits per heavy atom. The van der Waals surface area contributed by atoms with Gasteiger partial charge in [0.05, 0.1) is 19.1 Å². The highest BCUT2D eigenvalue weighted by molar-refractivity contribution is 5.93. The summed E-state index contributed by atoms with van der Waals surface area (Å²) in [6, 6.07) is 6.10. The molecule has 246 valence electrons. The number of aliphatic hydroxyl groups is 4. The normalized spacial score (nSPS) is 23.5. The first kappa shape index (κ1) is 36.5. The number of rotatable bonds is 14. The third-order valence-electron chi connectivity index (χ3n) is 6.95. The number of aliphatic hydroxyl groups excluding tert-OH is 4. The Bertz CT molecular complexity index is 1140. The van der Waals surface area contributed by atoms with Crippen molar-refractivity contribution in [3.05, 3.63) is 35.9 Å². The Balaban J connectivity index is 2.18. The van der Waals surface area contributed by atoms with Gasteiger partial charge in [0.2, 0.25) is 23.6 Å². The van der Waals surface area contributed by atoms with E-state index in [1.54, 1.807) is 44.2 Å². The maximum Gasteiger partial charge on any atom is 0.275 e. The van der Waals surface area contributed by atoms with Crippen molar-refractivity contribution in [2.24, 2.45) is 11.8 Å². The van der Waals surface area contributed by atoms with Crippen LogP contribution in [0.1, 0.15) is 32.8 Å². The van der Waals surface area contributed by atoms with E-state index in [1.165, 1.54) is 0 Å². The van der Waals surface area contributed by atoms with Gasteiger partial charge in [0.25, 0.3) is 5.91 Å². The fraction of sp³-hybridized carbons (Fsp3) is 0.607. The summed E-state index contributed by atoms with van der Waals surface area (Å²) in [5, 5.41) is 60.0. The Kier molecular flexibility index (Phi) is 14.1. The van der Waals surface area contributed by atoms with E-state index in [-0.39, 0.29) is 23.8 Å². The molecule has 16 nitrogen and oxygen atoms in total. The number of carbonyl (C=O) groups excluding carboxylic acids is 5. The van der Waals surface area contributed by atoms with E-state index in [0.29, 0.717) is 5.56 Å². The summed E-state index contributed by atoms with van der Waals surface area (Å²) in [7, 11) is 1.01. The van der Waals surface area contributed by atoms with Gasteiger partial charge in [-0.3, -0.25) is 29.2 Å². The number of carbonyl (C=O) groups is 5. The largest absolute Gasteiger partial charge is 0.394 e. The standard InChI is InChI=1S/C28H43N5O11/c1-14(2)10-17(22(37)28(42)33(4)43)25(40)31-18(11-16-8-6-5-7-9-16)26(41)29-12-20(36)32-27-21(30-15(3)35)24(39)23(38)19(13-34)44-27/h5-9,14,17-19,21-24,27,34,37-39,43H,10-13H2,1-4H3,(H,29,41)(H,30,35)(H,31,40)(H,32,36)/t17-,18+,19-,21-,22+,23-,24-,27?/m1/s1. The molecule has 1 aromatic carbocycles. The molecule has 1 fully saturated rings. The number of nitrogens with one attached hydrogen (secondary N) is 4. The van der Waals surface area contributed by atoms with Crippen LogP contribution in [0, 0.1) is 11.8 Å². The number of likely N-dealkylation sites (N-methyl/N-ethyl adjacent to an activating group) is 1. The number of nitrogens with zero attached hydrogens (tertiary/aromatic N) is 1. The number of ether oxygens (including phenoxy) is 1. The second kappa shape index (κ2) is 17.0. The van der Waals surface area contributed by atoms with Crippen molar-refractivity contribution in [1.82, 2.24) is 26.3 Å². The van der Waals surface area contributed by atoms with Crippen LogP contribution in [0.4, 0.5) is 0 Å². The highest BCUT2D eigenvalue weighted by atomic mass is 16.5. The second-order valence-electron chi connectivity index (χ2n) is 11.1. The van der Waals surface area contributed by atoms with Gasteiger partial charge in [-0.1, -0.05) is 44.2 Å². The van der Waals surface area contributed by atoms with Gasteiger partial charge in [0, 0.05) is 20.4 Å². The molecule has 44 heavy (non-hydrogen) atoms. The number of hydrogen-bond donors (Lipinski definition) is 9. The monoisotopic (exact) mass is 625 g/mol. The molecule has 1 aliphatic rings. The lowest BCUT2D eigenvalue weighted by Crippen LogP contribution is -2.68. The van der Waals surface area contributed by atoms with Crippen molar-refractivity contribution in [2.45, 2.75) is 76.3 Å². The van der Waals surface area contributed by atoms with Gasteiger partial charge in [-0.05, 0) is 17.9 Å². The van der Waals surface area contributed by atoms with Gasteiger partial charge in [0.1, 0.15) is 36.5 Å². The van der Waals surface area contributed by atoms with Crippen LogP contribution < -0.4 is 21.3 Å². The molecule has 9 N–H and O–H groups in total. The van der Waals surface area contributed by atoms with Crippen molar-refractivity contribution >= 4 is 29.5 Å². The van der Waals surface area contributed by atoms with E-state index in [0.717, 1.165) is 14.0 Å². The Hall–Kier alpha value is -3.67. The summed E-state index contributed by atoms with van der Waals surface area (Å²) in [5.41, 5.74) is 0.654. The molecule has 0 aromatic heterocycles. The molecule has 0 aliphatic carbocycles. The summed E-state index contributed by atoms with van der Waals surface area (Å²) >= 11 is 0. The average molecular weight is 626 g/mol. The van der Waals surface area contributed by atoms with Gasteiger partial charge in [-0.25, -0.2) is 5.06 Å². The van der Waals surface area contributed by atoms with Crippen LogP contribution in [-0.4, -0.2) is 123 Å². The molecular formula is C28H43N5O11. The van der Waals surface area contributed by atoms with Crippen LogP contribution >= 0.6 is 0 Å². The van der Waals surface area contributed by atoms with E-state index in [9.17, 15) is 49.6 Å². The SMILES string of the molecule is CC(=O)N[C@H]1C(NC(=O)CNC(=O)[C@H](Cc2ccccc2)NC(=O)[C@H](CC(C)C)[C@H](O)C(=O)N(C)O)O[C@H](CO)[C@@H](O)[C@@H]1O. The minimum Gasteiger partial charge on any atom is -0.394 e. The fourth-order valence-electron chi connectivity index (χ4n) is 4.72. The molecule has 1 saturated heterocycles. The van der Waals surface area contributed by atoms with Crippen LogP contribution in [0.2, 0.25) is 0 Å². The first-order valence-corrected chi connectivity index (χ1v) is 14.1. The van der Waals surface area contributed by atoms with E-state index in [2.05, 4.69) is 21.3 Å². The predicted octanol–water partition coefficient (Wildman–Crippen LogP) is -3.24. The summed E-state index contributed by atoms with van der Waals surface area (Å²) in [4.78, 5) is 63.2. The maximum absolute atomic E-state index is 13.3. The molecule has 5 amide bonds. The van der Waals surface area contributed by atoms with Crippen LogP contribution in [0.5, 0.6) is 0 Å². The lowest BCUT2D eigenvalue weighted by Gasteiger charge is -2.42. The number of hydroxylamine groups is 2. The van der Waals surface area contributed by atoms with E-state index < -0.39 is 91.3 Å². The maximum atomic E-state index is 13.3. The quantitative estimate of drug-likeness (QED) is 0.0734. The molecule has 0 spiro atoms. The smallest absolute Gasteiger partial charge is 0.275 e. The van der Waals surface area contributed by atoms with Crippen LogP contribution in [-0.2, 0) is 35.1 Å². The molecule has 1 aromatic rings.